The summed E-state index contributed by atoms with van der Waals surface area (Å²) in [6, 6.07) is 4.00. The van der Waals surface area contributed by atoms with Gasteiger partial charge in [0.1, 0.15) is 11.9 Å². The minimum atomic E-state index is -1.01. The van der Waals surface area contributed by atoms with Crippen molar-refractivity contribution in [2.75, 3.05) is 0 Å². The number of hydrogen-bond acceptors (Lipinski definition) is 2. The molecule has 0 saturated heterocycles. The van der Waals surface area contributed by atoms with E-state index >= 15 is 0 Å². The zero-order chi connectivity index (χ0) is 11.9. The Bertz CT molecular complexity index is 517. The molecule has 0 radical (unpaired) electrons. The van der Waals surface area contributed by atoms with Crippen molar-refractivity contribution in [2.24, 2.45) is 5.92 Å². The van der Waals surface area contributed by atoms with E-state index in [1.54, 1.807) is 0 Å². The molecular formula is C12H12F2O2. The lowest BCUT2D eigenvalue weighted by Crippen LogP contribution is -2.03. The minimum Gasteiger partial charge on any atom is -0.455 e. The Labute approximate surface area is 91.5 Å². The molecule has 1 unspecified atom stereocenters. The summed E-state index contributed by atoms with van der Waals surface area (Å²) in [4.78, 5) is 0. The van der Waals surface area contributed by atoms with Crippen LogP contribution in [0.25, 0.3) is 11.0 Å². The van der Waals surface area contributed by atoms with Gasteiger partial charge in [-0.05, 0) is 24.1 Å². The second-order valence-electron chi connectivity index (χ2n) is 4.12. The molecule has 1 heterocycles. The fourth-order valence-corrected chi connectivity index (χ4v) is 1.54. The van der Waals surface area contributed by atoms with Crippen LogP contribution in [0.15, 0.2) is 22.6 Å². The van der Waals surface area contributed by atoms with Crippen molar-refractivity contribution in [3.05, 3.63) is 35.6 Å². The number of aliphatic hydroxyl groups excluding tert-OH is 1. The molecular weight excluding hydrogens is 214 g/mol. The van der Waals surface area contributed by atoms with Gasteiger partial charge in [-0.3, -0.25) is 0 Å². The van der Waals surface area contributed by atoms with Crippen LogP contribution in [0.3, 0.4) is 0 Å². The van der Waals surface area contributed by atoms with Crippen LogP contribution < -0.4 is 0 Å². The number of aliphatic hydroxyl groups is 1. The maximum atomic E-state index is 13.3. The van der Waals surface area contributed by atoms with E-state index in [1.165, 1.54) is 12.1 Å². The molecule has 2 nitrogen and oxygen atoms in total. The molecule has 0 spiro atoms. The third kappa shape index (κ3) is 1.69. The first-order valence-electron chi connectivity index (χ1n) is 5.06. The molecule has 1 aromatic heterocycles. The first kappa shape index (κ1) is 11.1. The van der Waals surface area contributed by atoms with Crippen LogP contribution in [-0.2, 0) is 0 Å². The fraction of sp³-hybridized carbons (Fsp3) is 0.333. The molecule has 2 aromatic rings. The van der Waals surface area contributed by atoms with E-state index in [-0.39, 0.29) is 17.3 Å². The zero-order valence-corrected chi connectivity index (χ0v) is 9.00. The van der Waals surface area contributed by atoms with Crippen molar-refractivity contribution in [3.63, 3.8) is 0 Å². The van der Waals surface area contributed by atoms with Crippen LogP contribution in [0.1, 0.15) is 25.7 Å². The van der Waals surface area contributed by atoms with Gasteiger partial charge in [0.25, 0.3) is 0 Å². The van der Waals surface area contributed by atoms with Crippen LogP contribution >= 0.6 is 0 Å². The topological polar surface area (TPSA) is 33.4 Å². The maximum absolute atomic E-state index is 13.3. The molecule has 1 atom stereocenters. The van der Waals surface area contributed by atoms with Gasteiger partial charge in [-0.1, -0.05) is 13.8 Å². The fourth-order valence-electron chi connectivity index (χ4n) is 1.54. The molecule has 0 amide bonds. The van der Waals surface area contributed by atoms with Gasteiger partial charge in [-0.2, -0.15) is 4.39 Å². The summed E-state index contributed by atoms with van der Waals surface area (Å²) in [6.45, 7) is 3.63. The number of benzene rings is 1. The number of hydrogen-bond donors (Lipinski definition) is 1. The molecule has 0 bridgehead atoms. The zero-order valence-electron chi connectivity index (χ0n) is 9.00. The summed E-state index contributed by atoms with van der Waals surface area (Å²) in [6.07, 6.45) is -0.810. The summed E-state index contributed by atoms with van der Waals surface area (Å²) in [5.41, 5.74) is -0.144. The number of furan rings is 1. The lowest BCUT2D eigenvalue weighted by Gasteiger charge is -2.10. The predicted molar refractivity (Wildman–Crippen MR) is 55.9 cm³/mol. The SMILES string of the molecule is CC(C)C(O)c1cc2ccc(F)c(F)c2o1. The lowest BCUT2D eigenvalue weighted by molar-refractivity contribution is 0.104. The summed E-state index contributed by atoms with van der Waals surface area (Å²) >= 11 is 0. The van der Waals surface area contributed by atoms with Crippen molar-refractivity contribution in [3.8, 4) is 0 Å². The van der Waals surface area contributed by atoms with Crippen molar-refractivity contribution in [1.29, 1.82) is 0 Å². The van der Waals surface area contributed by atoms with Gasteiger partial charge in [-0.15, -0.1) is 0 Å². The average molecular weight is 226 g/mol. The Morgan fingerprint density at radius 1 is 1.25 bits per heavy atom. The van der Waals surface area contributed by atoms with Gasteiger partial charge in [0, 0.05) is 5.39 Å². The molecule has 0 fully saturated rings. The van der Waals surface area contributed by atoms with Crippen LogP contribution in [0.4, 0.5) is 8.78 Å². The van der Waals surface area contributed by atoms with E-state index in [1.807, 2.05) is 13.8 Å². The third-order valence-corrected chi connectivity index (χ3v) is 2.52. The molecule has 0 saturated carbocycles. The highest BCUT2D eigenvalue weighted by Gasteiger charge is 2.19. The van der Waals surface area contributed by atoms with Crippen LogP contribution in [0.2, 0.25) is 0 Å². The Morgan fingerprint density at radius 2 is 1.94 bits per heavy atom. The van der Waals surface area contributed by atoms with E-state index in [0.29, 0.717) is 5.39 Å². The van der Waals surface area contributed by atoms with Crippen molar-refractivity contribution in [2.45, 2.75) is 20.0 Å². The lowest BCUT2D eigenvalue weighted by atomic mass is 10.1. The standard InChI is InChI=1S/C12H12F2O2/c1-6(2)11(15)9-5-7-3-4-8(13)10(14)12(7)16-9/h3-6,11,15H,1-2H3. The van der Waals surface area contributed by atoms with Gasteiger partial charge in [0.2, 0.25) is 5.82 Å². The van der Waals surface area contributed by atoms with E-state index in [0.717, 1.165) is 6.07 Å². The Kier molecular flexibility index (Phi) is 2.68. The Balaban J connectivity index is 2.56. The summed E-state index contributed by atoms with van der Waals surface area (Å²) in [7, 11) is 0. The number of halogens is 2. The molecule has 2 rings (SSSR count). The van der Waals surface area contributed by atoms with Crippen molar-refractivity contribution in [1.82, 2.24) is 0 Å². The minimum absolute atomic E-state index is 0.0477. The summed E-state index contributed by atoms with van der Waals surface area (Å²) < 4.78 is 31.4. The summed E-state index contributed by atoms with van der Waals surface area (Å²) in [5.74, 6) is -1.75. The highest BCUT2D eigenvalue weighted by atomic mass is 19.2. The van der Waals surface area contributed by atoms with E-state index < -0.39 is 17.7 Å². The van der Waals surface area contributed by atoms with Gasteiger partial charge in [0.05, 0.1) is 0 Å². The van der Waals surface area contributed by atoms with E-state index in [4.69, 9.17) is 4.42 Å². The monoisotopic (exact) mass is 226 g/mol. The Morgan fingerprint density at radius 3 is 2.56 bits per heavy atom. The number of rotatable bonds is 2. The van der Waals surface area contributed by atoms with Gasteiger partial charge in [-0.25, -0.2) is 4.39 Å². The molecule has 4 heteroatoms. The molecule has 0 aliphatic carbocycles. The second kappa shape index (κ2) is 3.87. The molecule has 1 N–H and O–H groups in total. The van der Waals surface area contributed by atoms with Gasteiger partial charge in [0.15, 0.2) is 11.4 Å². The first-order valence-corrected chi connectivity index (χ1v) is 5.06. The summed E-state index contributed by atoms with van der Waals surface area (Å²) in [5, 5.41) is 10.2. The van der Waals surface area contributed by atoms with Crippen LogP contribution in [0.5, 0.6) is 0 Å². The molecule has 16 heavy (non-hydrogen) atoms. The van der Waals surface area contributed by atoms with Gasteiger partial charge < -0.3 is 9.52 Å². The second-order valence-corrected chi connectivity index (χ2v) is 4.12. The highest BCUT2D eigenvalue weighted by molar-refractivity contribution is 5.78. The largest absolute Gasteiger partial charge is 0.455 e. The smallest absolute Gasteiger partial charge is 0.201 e. The quantitative estimate of drug-likeness (QED) is 0.851. The number of fused-ring (bicyclic) bond motifs is 1. The van der Waals surface area contributed by atoms with Crippen molar-refractivity contribution < 1.29 is 18.3 Å². The van der Waals surface area contributed by atoms with Crippen molar-refractivity contribution >= 4 is 11.0 Å². The first-order chi connectivity index (χ1) is 7.50. The predicted octanol–water partition coefficient (Wildman–Crippen LogP) is 3.40. The highest BCUT2D eigenvalue weighted by Crippen LogP contribution is 2.30. The van der Waals surface area contributed by atoms with Crippen LogP contribution in [-0.4, -0.2) is 5.11 Å². The molecule has 0 aliphatic heterocycles. The molecule has 1 aromatic carbocycles. The van der Waals surface area contributed by atoms with E-state index in [2.05, 4.69) is 0 Å². The maximum Gasteiger partial charge on any atom is 0.201 e. The molecule has 86 valence electrons. The molecule has 0 aliphatic rings. The van der Waals surface area contributed by atoms with E-state index in [9.17, 15) is 13.9 Å². The average Bonchev–Trinajstić information content (AvgIpc) is 2.67. The van der Waals surface area contributed by atoms with Crippen LogP contribution in [0, 0.1) is 17.6 Å². The third-order valence-electron chi connectivity index (χ3n) is 2.52. The van der Waals surface area contributed by atoms with Gasteiger partial charge >= 0.3 is 0 Å². The normalized spacial score (nSPS) is 13.6. The Hall–Kier alpha value is -1.42.